The second kappa shape index (κ2) is 4.09. The van der Waals surface area contributed by atoms with Crippen molar-refractivity contribution < 1.29 is 14.6 Å². The fraction of sp³-hybridized carbons (Fsp3) is 0.250. The van der Waals surface area contributed by atoms with E-state index in [1.54, 1.807) is 6.07 Å². The van der Waals surface area contributed by atoms with Crippen LogP contribution in [0, 0.1) is 0 Å². The third kappa shape index (κ3) is 2.91. The van der Waals surface area contributed by atoms with Gasteiger partial charge in [0.2, 0.25) is 0 Å². The number of carboxylic acid groups (broad SMARTS) is 1. The highest BCUT2D eigenvalue weighted by atomic mass is 35.5. The van der Waals surface area contributed by atoms with Crippen LogP contribution in [0.25, 0.3) is 0 Å². The first kappa shape index (κ1) is 9.80. The number of rotatable bonds is 3. The fourth-order valence-electron chi connectivity index (χ4n) is 0.686. The molecule has 0 amide bonds. The predicted molar refractivity (Wildman–Crippen MR) is 47.0 cm³/mol. The molecule has 1 atom stereocenters. The first-order chi connectivity index (χ1) is 6.09. The number of nitrogens with zero attached hydrogens (tertiary/aromatic N) is 1. The molecule has 0 radical (unpaired) electrons. The summed E-state index contributed by atoms with van der Waals surface area (Å²) in [5.74, 6) is -0.630. The molecule has 0 unspecified atom stereocenters. The summed E-state index contributed by atoms with van der Waals surface area (Å²) >= 11 is 5.53. The summed E-state index contributed by atoms with van der Waals surface area (Å²) in [5, 5.41) is 8.87. The highest BCUT2D eigenvalue weighted by Gasteiger charge is 2.11. The molecule has 0 saturated heterocycles. The van der Waals surface area contributed by atoms with Gasteiger partial charge in [0.15, 0.2) is 6.10 Å². The van der Waals surface area contributed by atoms with Gasteiger partial charge in [-0.15, -0.1) is 0 Å². The Kier molecular flexibility index (Phi) is 3.08. The van der Waals surface area contributed by atoms with E-state index in [-0.39, 0.29) is 0 Å². The average molecular weight is 202 g/mol. The third-order valence-corrected chi connectivity index (χ3v) is 1.58. The Hall–Kier alpha value is -1.29. The van der Waals surface area contributed by atoms with Crippen LogP contribution in [-0.4, -0.2) is 22.2 Å². The van der Waals surface area contributed by atoms with Crippen molar-refractivity contribution in [2.45, 2.75) is 13.0 Å². The second-order valence-corrected chi connectivity index (χ2v) is 2.80. The second-order valence-electron chi connectivity index (χ2n) is 2.41. The Bertz CT molecular complexity index is 299. The monoisotopic (exact) mass is 201 g/mol. The first-order valence-corrected chi connectivity index (χ1v) is 3.98. The van der Waals surface area contributed by atoms with Gasteiger partial charge < -0.3 is 9.84 Å². The summed E-state index contributed by atoms with van der Waals surface area (Å²) in [6.45, 7) is 1.44. The summed E-state index contributed by atoms with van der Waals surface area (Å²) in [5.41, 5.74) is 0. The zero-order valence-corrected chi connectivity index (χ0v) is 7.65. The lowest BCUT2D eigenvalue weighted by molar-refractivity contribution is -0.144. The molecule has 0 aromatic carbocycles. The molecule has 5 heteroatoms. The minimum Gasteiger partial charge on any atom is -0.479 e. The maximum atomic E-state index is 10.4. The Balaban J connectivity index is 2.64. The lowest BCUT2D eigenvalue weighted by atomic mass is 10.4. The van der Waals surface area contributed by atoms with Gasteiger partial charge >= 0.3 is 5.97 Å². The Morgan fingerprint density at radius 1 is 1.69 bits per heavy atom. The molecule has 0 bridgehead atoms. The van der Waals surface area contributed by atoms with Crippen LogP contribution in [0.3, 0.4) is 0 Å². The van der Waals surface area contributed by atoms with E-state index in [1.807, 2.05) is 0 Å². The van der Waals surface area contributed by atoms with E-state index in [0.29, 0.717) is 10.9 Å². The van der Waals surface area contributed by atoms with Gasteiger partial charge in [-0.25, -0.2) is 9.78 Å². The van der Waals surface area contributed by atoms with E-state index in [1.165, 1.54) is 19.2 Å². The van der Waals surface area contributed by atoms with Gasteiger partial charge in [0.25, 0.3) is 0 Å². The Labute approximate surface area is 80.1 Å². The number of pyridine rings is 1. The van der Waals surface area contributed by atoms with Crippen LogP contribution in [0.2, 0.25) is 5.15 Å². The molecule has 0 aliphatic heterocycles. The van der Waals surface area contributed by atoms with Crippen LogP contribution in [0.1, 0.15) is 6.92 Å². The summed E-state index contributed by atoms with van der Waals surface area (Å²) in [6.07, 6.45) is 0.491. The zero-order chi connectivity index (χ0) is 9.84. The SMILES string of the molecule is C[C@H](Oc1ccc(Cl)nc1)C(=O)O. The number of hydrogen-bond acceptors (Lipinski definition) is 3. The first-order valence-electron chi connectivity index (χ1n) is 3.60. The number of aliphatic carboxylic acids is 1. The van der Waals surface area contributed by atoms with Crippen LogP contribution in [0.5, 0.6) is 5.75 Å². The zero-order valence-electron chi connectivity index (χ0n) is 6.90. The number of carboxylic acids is 1. The van der Waals surface area contributed by atoms with Gasteiger partial charge in [-0.05, 0) is 19.1 Å². The lowest BCUT2D eigenvalue weighted by Gasteiger charge is -2.08. The van der Waals surface area contributed by atoms with E-state index in [2.05, 4.69) is 4.98 Å². The number of carbonyl (C=O) groups is 1. The molecule has 4 nitrogen and oxygen atoms in total. The average Bonchev–Trinajstić information content (AvgIpc) is 2.08. The molecule has 1 rings (SSSR count). The third-order valence-electron chi connectivity index (χ3n) is 1.36. The number of aromatic nitrogens is 1. The fourth-order valence-corrected chi connectivity index (χ4v) is 0.798. The van der Waals surface area contributed by atoms with E-state index in [0.717, 1.165) is 0 Å². The van der Waals surface area contributed by atoms with Crippen molar-refractivity contribution in [1.29, 1.82) is 0 Å². The molecule has 0 aliphatic rings. The van der Waals surface area contributed by atoms with Crippen molar-refractivity contribution >= 4 is 17.6 Å². The summed E-state index contributed by atoms with van der Waals surface area (Å²) < 4.78 is 5.01. The molecule has 0 aliphatic carbocycles. The van der Waals surface area contributed by atoms with Gasteiger partial charge in [0.1, 0.15) is 10.9 Å². The molecule has 1 aromatic rings. The van der Waals surface area contributed by atoms with Crippen molar-refractivity contribution in [3.8, 4) is 5.75 Å². The van der Waals surface area contributed by atoms with Crippen molar-refractivity contribution in [2.75, 3.05) is 0 Å². The molecule has 1 N–H and O–H groups in total. The van der Waals surface area contributed by atoms with Crippen LogP contribution < -0.4 is 4.74 Å². The van der Waals surface area contributed by atoms with Crippen molar-refractivity contribution in [3.63, 3.8) is 0 Å². The van der Waals surface area contributed by atoms with Crippen LogP contribution in [-0.2, 0) is 4.79 Å². The summed E-state index contributed by atoms with van der Waals surface area (Å²) in [6, 6.07) is 3.10. The summed E-state index contributed by atoms with van der Waals surface area (Å²) in [4.78, 5) is 14.1. The minimum atomic E-state index is -1.02. The summed E-state index contributed by atoms with van der Waals surface area (Å²) in [7, 11) is 0. The van der Waals surface area contributed by atoms with Crippen LogP contribution in [0.15, 0.2) is 18.3 Å². The minimum absolute atomic E-state index is 0.343. The van der Waals surface area contributed by atoms with Crippen LogP contribution >= 0.6 is 11.6 Å². The maximum absolute atomic E-state index is 10.4. The normalized spacial score (nSPS) is 12.2. The molecular formula is C8H8ClNO3. The van der Waals surface area contributed by atoms with E-state index >= 15 is 0 Å². The molecule has 0 fully saturated rings. The topological polar surface area (TPSA) is 59.4 Å². The molecular weight excluding hydrogens is 194 g/mol. The molecule has 0 spiro atoms. The maximum Gasteiger partial charge on any atom is 0.344 e. The van der Waals surface area contributed by atoms with E-state index in [4.69, 9.17) is 21.4 Å². The highest BCUT2D eigenvalue weighted by molar-refractivity contribution is 6.29. The van der Waals surface area contributed by atoms with Gasteiger partial charge in [-0.2, -0.15) is 0 Å². The number of halogens is 1. The lowest BCUT2D eigenvalue weighted by Crippen LogP contribution is -2.22. The van der Waals surface area contributed by atoms with Gasteiger partial charge in [0, 0.05) is 0 Å². The Morgan fingerprint density at radius 3 is 2.85 bits per heavy atom. The largest absolute Gasteiger partial charge is 0.479 e. The van der Waals surface area contributed by atoms with Gasteiger partial charge in [-0.3, -0.25) is 0 Å². The van der Waals surface area contributed by atoms with Crippen molar-refractivity contribution in [1.82, 2.24) is 4.98 Å². The predicted octanol–water partition coefficient (Wildman–Crippen LogP) is 1.59. The van der Waals surface area contributed by atoms with Gasteiger partial charge in [-0.1, -0.05) is 11.6 Å². The molecule has 1 aromatic heterocycles. The molecule has 70 valence electrons. The van der Waals surface area contributed by atoms with E-state index < -0.39 is 12.1 Å². The smallest absolute Gasteiger partial charge is 0.344 e. The van der Waals surface area contributed by atoms with Crippen molar-refractivity contribution in [3.05, 3.63) is 23.5 Å². The highest BCUT2D eigenvalue weighted by Crippen LogP contribution is 2.13. The van der Waals surface area contributed by atoms with Gasteiger partial charge in [0.05, 0.1) is 6.20 Å². The molecule has 0 saturated carbocycles. The van der Waals surface area contributed by atoms with Crippen molar-refractivity contribution in [2.24, 2.45) is 0 Å². The molecule has 13 heavy (non-hydrogen) atoms. The number of hydrogen-bond donors (Lipinski definition) is 1. The number of ether oxygens (including phenoxy) is 1. The molecule has 1 heterocycles. The van der Waals surface area contributed by atoms with E-state index in [9.17, 15) is 4.79 Å². The standard InChI is InChI=1S/C8H8ClNO3/c1-5(8(11)12)13-6-2-3-7(9)10-4-6/h2-5H,1H3,(H,11,12)/t5-/m0/s1. The quantitative estimate of drug-likeness (QED) is 0.755. The Morgan fingerprint density at radius 2 is 2.38 bits per heavy atom. The van der Waals surface area contributed by atoms with Crippen LogP contribution in [0.4, 0.5) is 0 Å².